The van der Waals surface area contributed by atoms with Crippen molar-refractivity contribution >= 4 is 28.6 Å². The lowest BCUT2D eigenvalue weighted by Gasteiger charge is -2.33. The second kappa shape index (κ2) is 5.31. The maximum absolute atomic E-state index is 12.8. The zero-order chi connectivity index (χ0) is 15.8. The van der Waals surface area contributed by atoms with Crippen molar-refractivity contribution in [2.75, 3.05) is 29.9 Å². The van der Waals surface area contributed by atoms with Crippen LogP contribution in [0.4, 0.5) is 11.6 Å². The maximum Gasteiger partial charge on any atom is 0.259 e. The quantitative estimate of drug-likeness (QED) is 0.689. The van der Waals surface area contributed by atoms with E-state index in [4.69, 9.17) is 0 Å². The summed E-state index contributed by atoms with van der Waals surface area (Å²) < 4.78 is 0. The fourth-order valence-corrected chi connectivity index (χ4v) is 2.73. The molecular weight excluding hydrogens is 290 g/mol. The van der Waals surface area contributed by atoms with E-state index in [9.17, 15) is 4.79 Å². The summed E-state index contributed by atoms with van der Waals surface area (Å²) in [6.07, 6.45) is 3.24. The van der Waals surface area contributed by atoms with Crippen molar-refractivity contribution in [3.8, 4) is 0 Å². The molecule has 0 aliphatic carbocycles. The fourth-order valence-electron chi connectivity index (χ4n) is 2.73. The lowest BCUT2D eigenvalue weighted by molar-refractivity contribution is 0.0986. The Morgan fingerprint density at radius 2 is 1.61 bits per heavy atom. The SMILES string of the molecule is CN1CCN(C(=O)c2ccncc2)c2nc3ccccc3nc21. The van der Waals surface area contributed by atoms with Gasteiger partial charge in [-0.25, -0.2) is 9.97 Å². The predicted molar refractivity (Wildman–Crippen MR) is 88.7 cm³/mol. The molecule has 0 bridgehead atoms. The van der Waals surface area contributed by atoms with Crippen LogP contribution in [0.2, 0.25) is 0 Å². The molecule has 4 rings (SSSR count). The standard InChI is InChI=1S/C17H15N5O/c1-21-10-11-22(17(23)12-6-8-18-9-7-12)16-15(21)19-13-4-2-3-5-14(13)20-16/h2-9H,10-11H2,1H3. The number of benzene rings is 1. The van der Waals surface area contributed by atoms with Crippen LogP contribution in [-0.4, -0.2) is 41.0 Å². The first-order valence-corrected chi connectivity index (χ1v) is 7.44. The summed E-state index contributed by atoms with van der Waals surface area (Å²) in [5.41, 5.74) is 2.22. The van der Waals surface area contributed by atoms with Crippen LogP contribution in [0.25, 0.3) is 11.0 Å². The number of pyridine rings is 1. The number of likely N-dealkylation sites (N-methyl/N-ethyl adjacent to an activating group) is 1. The van der Waals surface area contributed by atoms with Gasteiger partial charge in [0.05, 0.1) is 11.0 Å². The molecule has 23 heavy (non-hydrogen) atoms. The lowest BCUT2D eigenvalue weighted by Crippen LogP contribution is -2.43. The van der Waals surface area contributed by atoms with Gasteiger partial charge in [-0.15, -0.1) is 0 Å². The molecule has 1 aliphatic heterocycles. The van der Waals surface area contributed by atoms with Gasteiger partial charge in [0.15, 0.2) is 11.6 Å². The van der Waals surface area contributed by atoms with E-state index in [1.54, 1.807) is 29.4 Å². The molecule has 3 aromatic rings. The third-order valence-corrected chi connectivity index (χ3v) is 3.98. The highest BCUT2D eigenvalue weighted by Gasteiger charge is 2.29. The van der Waals surface area contributed by atoms with E-state index < -0.39 is 0 Å². The minimum absolute atomic E-state index is 0.0775. The summed E-state index contributed by atoms with van der Waals surface area (Å²) in [6, 6.07) is 11.1. The molecule has 2 aromatic heterocycles. The summed E-state index contributed by atoms with van der Waals surface area (Å²) in [4.78, 5) is 29.9. The molecule has 6 heteroatoms. The molecule has 0 unspecified atom stereocenters. The molecule has 3 heterocycles. The van der Waals surface area contributed by atoms with Crippen LogP contribution < -0.4 is 9.80 Å². The van der Waals surface area contributed by atoms with Crippen LogP contribution in [0.5, 0.6) is 0 Å². The number of hydrogen-bond acceptors (Lipinski definition) is 5. The van der Waals surface area contributed by atoms with E-state index in [2.05, 4.69) is 15.0 Å². The summed E-state index contributed by atoms with van der Waals surface area (Å²) in [5.74, 6) is 1.27. The van der Waals surface area contributed by atoms with Gasteiger partial charge in [0.2, 0.25) is 0 Å². The molecule has 0 atom stereocenters. The minimum atomic E-state index is -0.0775. The Morgan fingerprint density at radius 1 is 0.957 bits per heavy atom. The minimum Gasteiger partial charge on any atom is -0.355 e. The molecule has 0 fully saturated rings. The lowest BCUT2D eigenvalue weighted by atomic mass is 10.2. The van der Waals surface area contributed by atoms with Crippen molar-refractivity contribution in [3.05, 3.63) is 54.4 Å². The van der Waals surface area contributed by atoms with Gasteiger partial charge in [0.25, 0.3) is 5.91 Å². The van der Waals surface area contributed by atoms with Gasteiger partial charge in [0, 0.05) is 38.1 Å². The highest BCUT2D eigenvalue weighted by atomic mass is 16.2. The van der Waals surface area contributed by atoms with Crippen molar-refractivity contribution in [3.63, 3.8) is 0 Å². The Morgan fingerprint density at radius 3 is 2.30 bits per heavy atom. The summed E-state index contributed by atoms with van der Waals surface area (Å²) in [7, 11) is 1.97. The monoisotopic (exact) mass is 305 g/mol. The Balaban J connectivity index is 1.84. The van der Waals surface area contributed by atoms with Gasteiger partial charge in [-0.2, -0.15) is 0 Å². The molecule has 0 spiro atoms. The maximum atomic E-state index is 12.8. The summed E-state index contributed by atoms with van der Waals surface area (Å²) in [5, 5.41) is 0. The molecule has 1 aliphatic rings. The van der Waals surface area contributed by atoms with Gasteiger partial charge in [-0.05, 0) is 24.3 Å². The van der Waals surface area contributed by atoms with Crippen LogP contribution in [0.15, 0.2) is 48.8 Å². The Labute approximate surface area is 133 Å². The van der Waals surface area contributed by atoms with Crippen LogP contribution in [0, 0.1) is 0 Å². The Hall–Kier alpha value is -3.02. The van der Waals surface area contributed by atoms with Gasteiger partial charge >= 0.3 is 0 Å². The first-order valence-electron chi connectivity index (χ1n) is 7.44. The third-order valence-electron chi connectivity index (χ3n) is 3.98. The van der Waals surface area contributed by atoms with E-state index in [0.717, 1.165) is 23.4 Å². The molecule has 114 valence electrons. The second-order valence-electron chi connectivity index (χ2n) is 5.47. The van der Waals surface area contributed by atoms with Crippen molar-refractivity contribution in [2.24, 2.45) is 0 Å². The van der Waals surface area contributed by atoms with Gasteiger partial charge in [0.1, 0.15) is 0 Å². The number of hydrogen-bond donors (Lipinski definition) is 0. The number of carbonyl (C=O) groups excluding carboxylic acids is 1. The van der Waals surface area contributed by atoms with Crippen LogP contribution in [-0.2, 0) is 0 Å². The topological polar surface area (TPSA) is 62.2 Å². The number of nitrogens with zero attached hydrogens (tertiary/aromatic N) is 5. The number of amides is 1. The average molecular weight is 305 g/mol. The van der Waals surface area contributed by atoms with E-state index in [1.807, 2.05) is 36.2 Å². The molecule has 1 amide bonds. The average Bonchev–Trinajstić information content (AvgIpc) is 2.61. The number of fused-ring (bicyclic) bond motifs is 2. The molecule has 6 nitrogen and oxygen atoms in total. The number of rotatable bonds is 1. The number of aromatic nitrogens is 3. The fraction of sp³-hybridized carbons (Fsp3) is 0.176. The molecule has 0 saturated carbocycles. The van der Waals surface area contributed by atoms with Crippen LogP contribution in [0.3, 0.4) is 0 Å². The zero-order valence-corrected chi connectivity index (χ0v) is 12.7. The predicted octanol–water partition coefficient (Wildman–Crippen LogP) is 2.12. The summed E-state index contributed by atoms with van der Waals surface area (Å²) in [6.45, 7) is 1.30. The number of carbonyl (C=O) groups is 1. The largest absolute Gasteiger partial charge is 0.355 e. The molecule has 0 saturated heterocycles. The Bertz CT molecular complexity index is 881. The highest BCUT2D eigenvalue weighted by Crippen LogP contribution is 2.31. The Kier molecular flexibility index (Phi) is 3.15. The number of para-hydroxylation sites is 2. The van der Waals surface area contributed by atoms with Gasteiger partial charge < -0.3 is 4.90 Å². The van der Waals surface area contributed by atoms with Gasteiger partial charge in [-0.3, -0.25) is 14.7 Å². The first kappa shape index (κ1) is 13.6. The van der Waals surface area contributed by atoms with Crippen molar-refractivity contribution in [1.82, 2.24) is 15.0 Å². The molecule has 0 radical (unpaired) electrons. The smallest absolute Gasteiger partial charge is 0.259 e. The van der Waals surface area contributed by atoms with Crippen molar-refractivity contribution in [1.29, 1.82) is 0 Å². The van der Waals surface area contributed by atoms with Crippen molar-refractivity contribution in [2.45, 2.75) is 0 Å². The van der Waals surface area contributed by atoms with Gasteiger partial charge in [-0.1, -0.05) is 12.1 Å². The van der Waals surface area contributed by atoms with Crippen molar-refractivity contribution < 1.29 is 4.79 Å². The number of anilines is 2. The van der Waals surface area contributed by atoms with E-state index >= 15 is 0 Å². The van der Waals surface area contributed by atoms with E-state index in [0.29, 0.717) is 17.9 Å². The van der Waals surface area contributed by atoms with E-state index in [-0.39, 0.29) is 5.91 Å². The van der Waals surface area contributed by atoms with Crippen LogP contribution >= 0.6 is 0 Å². The zero-order valence-electron chi connectivity index (χ0n) is 12.7. The molecule has 1 aromatic carbocycles. The normalized spacial score (nSPS) is 14.0. The molecule has 0 N–H and O–H groups in total. The third kappa shape index (κ3) is 2.28. The second-order valence-corrected chi connectivity index (χ2v) is 5.47. The van der Waals surface area contributed by atoms with E-state index in [1.165, 1.54) is 0 Å². The highest BCUT2D eigenvalue weighted by molar-refractivity contribution is 6.07. The first-order chi connectivity index (χ1) is 11.2. The molecular formula is C17H15N5O. The summed E-state index contributed by atoms with van der Waals surface area (Å²) >= 11 is 0. The van der Waals surface area contributed by atoms with Crippen LogP contribution in [0.1, 0.15) is 10.4 Å².